The van der Waals surface area contributed by atoms with Gasteiger partial charge in [0.1, 0.15) is 0 Å². The van der Waals surface area contributed by atoms with Crippen molar-refractivity contribution in [3.8, 4) is 0 Å². The normalized spacial score (nSPS) is 14.5. The van der Waals surface area contributed by atoms with Crippen molar-refractivity contribution in [2.24, 2.45) is 0 Å². The van der Waals surface area contributed by atoms with E-state index < -0.39 is 0 Å². The Labute approximate surface area is 196 Å². The summed E-state index contributed by atoms with van der Waals surface area (Å²) in [6.07, 6.45) is 0. The first kappa shape index (κ1) is 39.8. The molecule has 0 saturated heterocycles. The number of aliphatic hydroxyl groups excluding tert-OH is 4. The Bertz CT molecular complexity index is 244. The zero-order valence-electron chi connectivity index (χ0n) is 21.2. The third kappa shape index (κ3) is 33.2. The molecule has 9 heteroatoms. The van der Waals surface area contributed by atoms with Crippen molar-refractivity contribution >= 4 is 0 Å². The van der Waals surface area contributed by atoms with E-state index in [9.17, 15) is 0 Å². The molecule has 0 heterocycles. The van der Waals surface area contributed by atoms with E-state index in [0.717, 1.165) is 0 Å². The van der Waals surface area contributed by atoms with Crippen LogP contribution in [0.5, 0.6) is 0 Å². The average molecular weight is 461 g/mol. The summed E-state index contributed by atoms with van der Waals surface area (Å²) in [5, 5.41) is 33.9. The molecule has 0 bridgehead atoms. The van der Waals surface area contributed by atoms with Crippen LogP contribution in [0, 0.1) is 0 Å². The van der Waals surface area contributed by atoms with Crippen molar-refractivity contribution in [2.45, 2.75) is 51.9 Å². The smallest absolute Gasteiger partial charge is 0.0583 e. The van der Waals surface area contributed by atoms with E-state index in [1.807, 2.05) is 104 Å². The van der Waals surface area contributed by atoms with E-state index >= 15 is 0 Å². The van der Waals surface area contributed by atoms with Gasteiger partial charge in [0.15, 0.2) is 0 Å². The van der Waals surface area contributed by atoms with Gasteiger partial charge in [-0.05, 0) is 84.1 Å². The summed E-state index contributed by atoms with van der Waals surface area (Å²) >= 11 is 0. The maximum absolute atomic E-state index is 8.46. The van der Waals surface area contributed by atoms with E-state index in [4.69, 9.17) is 20.4 Å². The predicted molar refractivity (Wildman–Crippen MR) is 121 cm³/mol. The van der Waals surface area contributed by atoms with Crippen molar-refractivity contribution < 1.29 is 42.1 Å². The SMILES string of the molecule is CC(CO)N(C)C.CC(CO)N(C)C.CC(CO)N(C)C.CC(CO)N(C)C.[Ti]. The standard InChI is InChI=1S/4C5H13NO.Ti/c4*1-5(4-7)6(2)3;/h4*5,7H,4H2,1-3H3;. The molecule has 0 rings (SSSR count). The Morgan fingerprint density at radius 1 is 0.414 bits per heavy atom. The third-order valence-electron chi connectivity index (χ3n) is 4.58. The zero-order valence-corrected chi connectivity index (χ0v) is 22.8. The second-order valence-corrected chi connectivity index (χ2v) is 7.98. The molecule has 0 fully saturated rings. The topological polar surface area (TPSA) is 93.9 Å². The van der Waals surface area contributed by atoms with E-state index in [-0.39, 0.29) is 48.1 Å². The molecule has 29 heavy (non-hydrogen) atoms. The van der Waals surface area contributed by atoms with Gasteiger partial charge in [0, 0.05) is 45.9 Å². The first-order valence-electron chi connectivity index (χ1n) is 9.82. The third-order valence-corrected chi connectivity index (χ3v) is 4.58. The van der Waals surface area contributed by atoms with Gasteiger partial charge >= 0.3 is 0 Å². The molecule has 0 aromatic carbocycles. The van der Waals surface area contributed by atoms with Crippen molar-refractivity contribution in [1.82, 2.24) is 19.6 Å². The minimum absolute atomic E-state index is 0. The monoisotopic (exact) mass is 460 g/mol. The molecule has 8 nitrogen and oxygen atoms in total. The molecule has 0 saturated carbocycles. The number of nitrogens with zero attached hydrogens (tertiary/aromatic N) is 4. The number of rotatable bonds is 8. The second-order valence-electron chi connectivity index (χ2n) is 7.98. The first-order chi connectivity index (χ1) is 12.7. The van der Waals surface area contributed by atoms with Gasteiger partial charge in [0.05, 0.1) is 26.4 Å². The Morgan fingerprint density at radius 2 is 0.517 bits per heavy atom. The fourth-order valence-corrected chi connectivity index (χ4v) is 0.653. The van der Waals surface area contributed by atoms with Gasteiger partial charge in [-0.2, -0.15) is 0 Å². The summed E-state index contributed by atoms with van der Waals surface area (Å²) in [6, 6.07) is 1.17. The van der Waals surface area contributed by atoms with E-state index in [0.29, 0.717) is 24.2 Å². The Kier molecular flexibility index (Phi) is 36.3. The van der Waals surface area contributed by atoms with Crippen molar-refractivity contribution in [3.63, 3.8) is 0 Å². The predicted octanol–water partition coefficient (Wildman–Crippen LogP) is -0.287. The summed E-state index contributed by atoms with van der Waals surface area (Å²) in [5.74, 6) is 0. The number of hydrogen-bond donors (Lipinski definition) is 4. The Balaban J connectivity index is -0.0000000873. The molecular weight excluding hydrogens is 408 g/mol. The van der Waals surface area contributed by atoms with E-state index in [1.165, 1.54) is 0 Å². The van der Waals surface area contributed by atoms with E-state index in [2.05, 4.69) is 0 Å². The molecule has 0 aromatic heterocycles. The van der Waals surface area contributed by atoms with Crippen LogP contribution < -0.4 is 0 Å². The minimum atomic E-state index is 0. The van der Waals surface area contributed by atoms with Crippen LogP contribution in [0.3, 0.4) is 0 Å². The number of aliphatic hydroxyl groups is 4. The Hall–Kier alpha value is 0.394. The maximum atomic E-state index is 8.46. The van der Waals surface area contributed by atoms with Crippen LogP contribution in [0.25, 0.3) is 0 Å². The van der Waals surface area contributed by atoms with Crippen LogP contribution in [-0.2, 0) is 21.7 Å². The molecule has 0 aliphatic rings. The van der Waals surface area contributed by atoms with Crippen molar-refractivity contribution in [3.05, 3.63) is 0 Å². The molecule has 0 amide bonds. The van der Waals surface area contributed by atoms with Gasteiger partial charge in [-0.25, -0.2) is 0 Å². The van der Waals surface area contributed by atoms with Crippen LogP contribution in [0.2, 0.25) is 0 Å². The van der Waals surface area contributed by atoms with Gasteiger partial charge < -0.3 is 40.0 Å². The van der Waals surface area contributed by atoms with Crippen LogP contribution >= 0.6 is 0 Å². The van der Waals surface area contributed by atoms with Gasteiger partial charge in [-0.3, -0.25) is 0 Å². The molecule has 0 radical (unpaired) electrons. The molecule has 4 N–H and O–H groups in total. The largest absolute Gasteiger partial charge is 0.395 e. The molecule has 0 aliphatic heterocycles. The van der Waals surface area contributed by atoms with Gasteiger partial charge in [0.2, 0.25) is 0 Å². The second kappa shape index (κ2) is 26.4. The molecule has 0 aliphatic carbocycles. The summed E-state index contributed by atoms with van der Waals surface area (Å²) < 4.78 is 0. The molecule has 0 aromatic rings. The first-order valence-corrected chi connectivity index (χ1v) is 9.82. The van der Waals surface area contributed by atoms with Gasteiger partial charge in [0.25, 0.3) is 0 Å². The summed E-state index contributed by atoms with van der Waals surface area (Å²) in [6.45, 7) is 8.86. The molecular formula is C20H52N4O4Ti. The van der Waals surface area contributed by atoms with E-state index in [1.54, 1.807) is 0 Å². The quantitative estimate of drug-likeness (QED) is 0.368. The Morgan fingerprint density at radius 3 is 0.517 bits per heavy atom. The van der Waals surface area contributed by atoms with Crippen LogP contribution in [0.15, 0.2) is 0 Å². The minimum Gasteiger partial charge on any atom is -0.395 e. The molecule has 4 unspecified atom stereocenters. The summed E-state index contributed by atoms with van der Waals surface area (Å²) in [4.78, 5) is 7.89. The van der Waals surface area contributed by atoms with Crippen LogP contribution in [-0.4, -0.2) is 147 Å². The molecule has 0 spiro atoms. The zero-order chi connectivity index (χ0) is 23.4. The summed E-state index contributed by atoms with van der Waals surface area (Å²) in [5.41, 5.74) is 0. The van der Waals surface area contributed by atoms with Gasteiger partial charge in [-0.1, -0.05) is 0 Å². The molecule has 180 valence electrons. The fourth-order valence-electron chi connectivity index (χ4n) is 0.653. The average Bonchev–Trinajstić information content (AvgIpc) is 2.66. The van der Waals surface area contributed by atoms with Crippen molar-refractivity contribution in [2.75, 3.05) is 82.8 Å². The number of hydrogen-bond acceptors (Lipinski definition) is 8. The maximum Gasteiger partial charge on any atom is 0.0583 e. The number of likely N-dealkylation sites (N-methyl/N-ethyl adjacent to an activating group) is 4. The van der Waals surface area contributed by atoms with Crippen molar-refractivity contribution in [1.29, 1.82) is 0 Å². The van der Waals surface area contributed by atoms with Crippen LogP contribution in [0.4, 0.5) is 0 Å². The summed E-state index contributed by atoms with van der Waals surface area (Å²) in [7, 11) is 15.6. The molecule has 4 atom stereocenters. The van der Waals surface area contributed by atoms with Crippen LogP contribution in [0.1, 0.15) is 27.7 Å². The fraction of sp³-hybridized carbons (Fsp3) is 1.00. The van der Waals surface area contributed by atoms with Gasteiger partial charge in [-0.15, -0.1) is 0 Å².